The molecule has 3 rings (SSSR count). The summed E-state index contributed by atoms with van der Waals surface area (Å²) in [5.74, 6) is 0.886. The van der Waals surface area contributed by atoms with E-state index >= 15 is 0 Å². The molecule has 24 heavy (non-hydrogen) atoms. The monoisotopic (exact) mass is 351 g/mol. The average molecular weight is 352 g/mol. The number of benzene rings is 1. The van der Waals surface area contributed by atoms with Crippen molar-refractivity contribution in [1.29, 1.82) is 0 Å². The summed E-state index contributed by atoms with van der Waals surface area (Å²) < 4.78 is 10.6. The molecule has 1 atom stereocenters. The molecule has 1 aliphatic rings. The molecule has 128 valence electrons. The van der Waals surface area contributed by atoms with E-state index in [2.05, 4.69) is 10.1 Å². The molecule has 1 unspecified atom stereocenters. The Morgan fingerprint density at radius 2 is 2.17 bits per heavy atom. The van der Waals surface area contributed by atoms with Crippen molar-refractivity contribution >= 4 is 17.5 Å². The predicted molar refractivity (Wildman–Crippen MR) is 85.2 cm³/mol. The number of aliphatic hydroxyl groups is 1. The van der Waals surface area contributed by atoms with Crippen LogP contribution in [0.1, 0.15) is 29.8 Å². The van der Waals surface area contributed by atoms with Crippen LogP contribution in [-0.4, -0.2) is 45.2 Å². The van der Waals surface area contributed by atoms with Crippen LogP contribution in [0.2, 0.25) is 5.02 Å². The Morgan fingerprint density at radius 3 is 2.79 bits per heavy atom. The second-order valence-corrected chi connectivity index (χ2v) is 6.17. The normalized spacial score (nSPS) is 16.0. The lowest BCUT2D eigenvalue weighted by molar-refractivity contribution is -0.148. The summed E-state index contributed by atoms with van der Waals surface area (Å²) >= 11 is 5.81. The first kappa shape index (κ1) is 16.9. The standard InChI is InChI=1S/C16H18ClN3O4/c1-10-18-15(24-19-10)9-23-13-7-20(8-13)16(22)6-14(21)11-2-4-12(17)5-3-11/h2-5,13-14,21H,6-9H2,1H3. The fourth-order valence-corrected chi connectivity index (χ4v) is 2.56. The van der Waals surface area contributed by atoms with Gasteiger partial charge in [-0.05, 0) is 24.6 Å². The summed E-state index contributed by atoms with van der Waals surface area (Å²) in [7, 11) is 0. The van der Waals surface area contributed by atoms with Crippen molar-refractivity contribution in [2.24, 2.45) is 0 Å². The molecule has 1 amide bonds. The molecule has 8 heteroatoms. The molecule has 1 N–H and O–H groups in total. The highest BCUT2D eigenvalue weighted by Gasteiger charge is 2.32. The van der Waals surface area contributed by atoms with Crippen molar-refractivity contribution in [2.45, 2.75) is 32.2 Å². The second-order valence-electron chi connectivity index (χ2n) is 5.74. The first-order valence-electron chi connectivity index (χ1n) is 7.63. The Bertz CT molecular complexity index is 698. The Balaban J connectivity index is 1.40. The van der Waals surface area contributed by atoms with Gasteiger partial charge in [-0.15, -0.1) is 0 Å². The van der Waals surface area contributed by atoms with Crippen LogP contribution in [0.15, 0.2) is 28.8 Å². The van der Waals surface area contributed by atoms with Crippen molar-refractivity contribution in [1.82, 2.24) is 15.0 Å². The van der Waals surface area contributed by atoms with Gasteiger partial charge in [0, 0.05) is 18.1 Å². The lowest BCUT2D eigenvalue weighted by Gasteiger charge is -2.39. The minimum Gasteiger partial charge on any atom is -0.388 e. The van der Waals surface area contributed by atoms with Crippen LogP contribution in [-0.2, 0) is 16.1 Å². The zero-order valence-corrected chi connectivity index (χ0v) is 13.9. The van der Waals surface area contributed by atoms with Gasteiger partial charge in [-0.25, -0.2) is 0 Å². The molecule has 0 aliphatic carbocycles. The molecule has 1 aromatic heterocycles. The number of nitrogens with zero attached hydrogens (tertiary/aromatic N) is 3. The van der Waals surface area contributed by atoms with Gasteiger partial charge in [0.15, 0.2) is 5.82 Å². The van der Waals surface area contributed by atoms with Crippen molar-refractivity contribution in [3.63, 3.8) is 0 Å². The topological polar surface area (TPSA) is 88.7 Å². The van der Waals surface area contributed by atoms with Crippen LogP contribution in [0.25, 0.3) is 0 Å². The molecule has 0 bridgehead atoms. The maximum absolute atomic E-state index is 12.1. The second kappa shape index (κ2) is 7.29. The Kier molecular flexibility index (Phi) is 5.13. The molecule has 1 aliphatic heterocycles. The number of hydrogen-bond donors (Lipinski definition) is 1. The number of aliphatic hydroxyl groups excluding tert-OH is 1. The van der Waals surface area contributed by atoms with Gasteiger partial charge >= 0.3 is 0 Å². The van der Waals surface area contributed by atoms with E-state index in [1.54, 1.807) is 36.1 Å². The molecule has 1 aromatic carbocycles. The fraction of sp³-hybridized carbons (Fsp3) is 0.438. The highest BCUT2D eigenvalue weighted by Crippen LogP contribution is 2.22. The molecule has 2 aromatic rings. The van der Waals surface area contributed by atoms with E-state index in [0.717, 1.165) is 0 Å². The van der Waals surface area contributed by atoms with Crippen LogP contribution in [0.5, 0.6) is 0 Å². The Morgan fingerprint density at radius 1 is 1.46 bits per heavy atom. The van der Waals surface area contributed by atoms with Gasteiger partial charge in [-0.3, -0.25) is 4.79 Å². The zero-order valence-electron chi connectivity index (χ0n) is 13.2. The maximum atomic E-state index is 12.1. The van der Waals surface area contributed by atoms with E-state index in [9.17, 15) is 9.90 Å². The third-order valence-corrected chi connectivity index (χ3v) is 4.09. The molecule has 0 saturated carbocycles. The highest BCUT2D eigenvalue weighted by atomic mass is 35.5. The predicted octanol–water partition coefficient (Wildman–Crippen LogP) is 1.88. The van der Waals surface area contributed by atoms with Gasteiger partial charge in [0.05, 0.1) is 18.6 Å². The van der Waals surface area contributed by atoms with Gasteiger partial charge in [-0.1, -0.05) is 28.9 Å². The first-order chi connectivity index (χ1) is 11.5. The van der Waals surface area contributed by atoms with E-state index in [4.69, 9.17) is 20.9 Å². The quantitative estimate of drug-likeness (QED) is 0.854. The molecule has 1 saturated heterocycles. The first-order valence-corrected chi connectivity index (χ1v) is 8.01. The van der Waals surface area contributed by atoms with Crippen LogP contribution in [0.4, 0.5) is 0 Å². The summed E-state index contributed by atoms with van der Waals surface area (Å²) in [4.78, 5) is 17.8. The number of hydrogen-bond acceptors (Lipinski definition) is 6. The SMILES string of the molecule is Cc1noc(COC2CN(C(=O)CC(O)c3ccc(Cl)cc3)C2)n1. The summed E-state index contributed by atoms with van der Waals surface area (Å²) in [6.45, 7) is 2.97. The van der Waals surface area contributed by atoms with Crippen molar-refractivity contribution in [2.75, 3.05) is 13.1 Å². The molecular weight excluding hydrogens is 334 g/mol. The molecular formula is C16H18ClN3O4. The molecule has 0 spiro atoms. The van der Waals surface area contributed by atoms with E-state index in [0.29, 0.717) is 35.4 Å². The van der Waals surface area contributed by atoms with Crippen molar-refractivity contribution in [3.05, 3.63) is 46.6 Å². The van der Waals surface area contributed by atoms with Gasteiger partial charge < -0.3 is 19.3 Å². The Hall–Kier alpha value is -1.96. The van der Waals surface area contributed by atoms with E-state index in [-0.39, 0.29) is 25.0 Å². The maximum Gasteiger partial charge on any atom is 0.252 e. The number of likely N-dealkylation sites (tertiary alicyclic amines) is 1. The zero-order chi connectivity index (χ0) is 17.1. The van der Waals surface area contributed by atoms with Crippen molar-refractivity contribution < 1.29 is 19.2 Å². The Labute approximate surface area is 144 Å². The van der Waals surface area contributed by atoms with Gasteiger partial charge in [-0.2, -0.15) is 4.98 Å². The third-order valence-electron chi connectivity index (χ3n) is 3.84. The summed E-state index contributed by atoms with van der Waals surface area (Å²) in [5, 5.41) is 14.4. The number of ether oxygens (including phenoxy) is 1. The number of aryl methyl sites for hydroxylation is 1. The molecule has 2 heterocycles. The van der Waals surface area contributed by atoms with Crippen molar-refractivity contribution in [3.8, 4) is 0 Å². The van der Waals surface area contributed by atoms with E-state index < -0.39 is 6.10 Å². The van der Waals surface area contributed by atoms with E-state index in [1.807, 2.05) is 0 Å². The van der Waals surface area contributed by atoms with E-state index in [1.165, 1.54) is 0 Å². The summed E-state index contributed by atoms with van der Waals surface area (Å²) in [5.41, 5.74) is 0.674. The number of carbonyl (C=O) groups excluding carboxylic acids is 1. The fourth-order valence-electron chi connectivity index (χ4n) is 2.43. The largest absolute Gasteiger partial charge is 0.388 e. The van der Waals surface area contributed by atoms with Crippen LogP contribution in [0, 0.1) is 6.92 Å². The number of amides is 1. The molecule has 7 nitrogen and oxygen atoms in total. The third kappa shape index (κ3) is 4.11. The highest BCUT2D eigenvalue weighted by molar-refractivity contribution is 6.30. The van der Waals surface area contributed by atoms with Gasteiger partial charge in [0.25, 0.3) is 5.89 Å². The number of halogens is 1. The van der Waals surface area contributed by atoms with Crippen LogP contribution >= 0.6 is 11.6 Å². The molecule has 1 fully saturated rings. The summed E-state index contributed by atoms with van der Waals surface area (Å²) in [6.07, 6.45) is -0.845. The van der Waals surface area contributed by atoms with Gasteiger partial charge in [0.1, 0.15) is 6.61 Å². The van der Waals surface area contributed by atoms with Gasteiger partial charge in [0.2, 0.25) is 5.91 Å². The minimum absolute atomic E-state index is 0.0389. The molecule has 0 radical (unpaired) electrons. The lowest BCUT2D eigenvalue weighted by atomic mass is 10.0. The number of rotatable bonds is 6. The number of carbonyl (C=O) groups is 1. The smallest absolute Gasteiger partial charge is 0.252 e. The lowest BCUT2D eigenvalue weighted by Crippen LogP contribution is -2.54. The van der Waals surface area contributed by atoms with Crippen LogP contribution < -0.4 is 0 Å². The summed E-state index contributed by atoms with van der Waals surface area (Å²) in [6, 6.07) is 6.82. The number of aromatic nitrogens is 2. The minimum atomic E-state index is -0.837. The van der Waals surface area contributed by atoms with Crippen LogP contribution in [0.3, 0.4) is 0 Å². The average Bonchev–Trinajstić information content (AvgIpc) is 2.91.